The summed E-state index contributed by atoms with van der Waals surface area (Å²) in [4.78, 5) is 0. The molecule has 19 heavy (non-hydrogen) atoms. The Morgan fingerprint density at radius 3 is 1.32 bits per heavy atom. The fourth-order valence-corrected chi connectivity index (χ4v) is 2.85. The molecule has 0 heterocycles. The van der Waals surface area contributed by atoms with Crippen LogP contribution in [0.25, 0.3) is 0 Å². The molecule has 0 aromatic rings. The molecule has 0 bridgehead atoms. The number of hydrogen-bond acceptors (Lipinski definition) is 0. The van der Waals surface area contributed by atoms with E-state index >= 15 is 0 Å². The van der Waals surface area contributed by atoms with Crippen LogP contribution in [-0.2, 0) is 17.1 Å². The molecule has 0 aliphatic heterocycles. The Labute approximate surface area is 140 Å². The molecule has 3 heteroatoms. The Bertz CT molecular complexity index is 151. The van der Waals surface area contributed by atoms with E-state index in [1.165, 1.54) is 64.3 Å². The number of nitrogens with zero attached hydrogens (tertiary/aromatic N) is 1. The maximum absolute atomic E-state index is 2.29. The van der Waals surface area contributed by atoms with E-state index in [1.54, 1.807) is 0 Å². The first kappa shape index (κ1) is 28.0. The smallest absolute Gasteiger partial charge is 1.00 e. The maximum Gasteiger partial charge on any atom is 2.00 e. The fourth-order valence-electron chi connectivity index (χ4n) is 2.85. The van der Waals surface area contributed by atoms with E-state index in [4.69, 9.17) is 0 Å². The van der Waals surface area contributed by atoms with Crippen molar-refractivity contribution in [3.8, 4) is 0 Å². The van der Waals surface area contributed by atoms with Crippen LogP contribution >= 0.6 is 0 Å². The third kappa shape index (κ3) is 16.7. The molecule has 2 aliphatic carbocycles. The number of quaternary nitrogens is 1. The zero-order chi connectivity index (χ0) is 11.1. The molecule has 120 valence electrons. The van der Waals surface area contributed by atoms with Gasteiger partial charge in [-0.05, 0) is 12.8 Å². The monoisotopic (exact) mass is 333 g/mol. The molecule has 2 saturated carbocycles. The van der Waals surface area contributed by atoms with E-state index < -0.39 is 0 Å². The van der Waals surface area contributed by atoms with Gasteiger partial charge in [0.15, 0.2) is 0 Å². The molecule has 0 radical (unpaired) electrons. The SMILES string of the molecule is C1CCCC1.C[N+](C)(C)CC1CCCC1.[CH3-].[CH3-].[Cl-].[Fe+2]. The van der Waals surface area contributed by atoms with Crippen molar-refractivity contribution >= 4 is 0 Å². The van der Waals surface area contributed by atoms with E-state index in [-0.39, 0.29) is 44.3 Å². The molecule has 0 amide bonds. The van der Waals surface area contributed by atoms with Gasteiger partial charge in [-0.25, -0.2) is 0 Å². The average molecular weight is 334 g/mol. The molecule has 0 atom stereocenters. The molecule has 1 nitrogen and oxygen atoms in total. The Kier molecular flexibility index (Phi) is 22.4. The summed E-state index contributed by atoms with van der Waals surface area (Å²) >= 11 is 0. The Balaban J connectivity index is -0.000000110. The number of halogens is 1. The topological polar surface area (TPSA) is 0 Å². The minimum absolute atomic E-state index is 0. The Hall–Kier alpha value is 0.769. The molecule has 0 spiro atoms. The van der Waals surface area contributed by atoms with Crippen LogP contribution in [0.2, 0.25) is 0 Å². The summed E-state index contributed by atoms with van der Waals surface area (Å²) in [5.74, 6) is 1.03. The molecule has 0 N–H and O–H groups in total. The second-order valence-electron chi connectivity index (χ2n) is 6.39. The second-order valence-corrected chi connectivity index (χ2v) is 6.39. The van der Waals surface area contributed by atoms with Crippen molar-refractivity contribution < 1.29 is 34.0 Å². The predicted octanol–water partition coefficient (Wildman–Crippen LogP) is 1.74. The maximum atomic E-state index is 2.29. The van der Waals surface area contributed by atoms with Crippen molar-refractivity contribution in [2.45, 2.75) is 57.8 Å². The van der Waals surface area contributed by atoms with Gasteiger partial charge in [0.2, 0.25) is 0 Å². The van der Waals surface area contributed by atoms with Crippen molar-refractivity contribution in [2.75, 3.05) is 27.7 Å². The van der Waals surface area contributed by atoms with E-state index in [0.717, 1.165) is 10.4 Å². The second kappa shape index (κ2) is 15.2. The van der Waals surface area contributed by atoms with Crippen molar-refractivity contribution in [1.82, 2.24) is 0 Å². The fraction of sp³-hybridized carbons (Fsp3) is 0.875. The first-order valence-corrected chi connectivity index (χ1v) is 6.88. The zero-order valence-electron chi connectivity index (χ0n) is 13.8. The van der Waals surface area contributed by atoms with Crippen LogP contribution in [0.1, 0.15) is 57.8 Å². The van der Waals surface area contributed by atoms with Crippen molar-refractivity contribution in [3.05, 3.63) is 14.9 Å². The van der Waals surface area contributed by atoms with Gasteiger partial charge in [0.25, 0.3) is 0 Å². The summed E-state index contributed by atoms with van der Waals surface area (Å²) in [6.45, 7) is 1.38. The molecule has 2 aliphatic rings. The third-order valence-corrected chi connectivity index (χ3v) is 3.53. The number of hydrogen-bond donors (Lipinski definition) is 0. The molecule has 0 aromatic carbocycles. The van der Waals surface area contributed by atoms with E-state index in [9.17, 15) is 0 Å². The summed E-state index contributed by atoms with van der Waals surface area (Å²) in [6, 6.07) is 0. The van der Waals surface area contributed by atoms with Gasteiger partial charge in [0.1, 0.15) is 0 Å². The molecular weight excluding hydrogens is 297 g/mol. The van der Waals surface area contributed by atoms with Gasteiger partial charge >= 0.3 is 17.1 Å². The normalized spacial score (nSPS) is 17.8. The molecular formula is C16H36ClFeN. The predicted molar refractivity (Wildman–Crippen MR) is 80.8 cm³/mol. The van der Waals surface area contributed by atoms with E-state index in [1.807, 2.05) is 0 Å². The zero-order valence-corrected chi connectivity index (χ0v) is 15.7. The van der Waals surface area contributed by atoms with Crippen LogP contribution in [-0.4, -0.2) is 32.2 Å². The van der Waals surface area contributed by atoms with Crippen LogP contribution in [0.3, 0.4) is 0 Å². The van der Waals surface area contributed by atoms with Gasteiger partial charge in [-0.1, -0.05) is 44.9 Å². The molecule has 2 rings (SSSR count). The van der Waals surface area contributed by atoms with Gasteiger partial charge in [-0.3, -0.25) is 0 Å². The standard InChI is InChI=1S/C9H20N.C5H10.2CH3.ClH.Fe/c1-10(2,3)8-9-6-4-5-7-9;1-2-4-5-3-1;;;;/h9H,4-8H2,1-3H3;1-5H2;2*1H3;1H;/q+1;;2*-1;;+2/p-1. The minimum Gasteiger partial charge on any atom is -1.00 e. The van der Waals surface area contributed by atoms with Gasteiger partial charge in [0, 0.05) is 5.92 Å². The van der Waals surface area contributed by atoms with Crippen LogP contribution < -0.4 is 12.4 Å². The molecule has 2 fully saturated rings. The summed E-state index contributed by atoms with van der Waals surface area (Å²) in [5, 5.41) is 0. The number of rotatable bonds is 2. The van der Waals surface area contributed by atoms with Gasteiger partial charge in [-0.2, -0.15) is 0 Å². The van der Waals surface area contributed by atoms with E-state index in [0.29, 0.717) is 0 Å². The Morgan fingerprint density at radius 1 is 0.737 bits per heavy atom. The van der Waals surface area contributed by atoms with Crippen LogP contribution in [0.15, 0.2) is 0 Å². The largest absolute Gasteiger partial charge is 2.00 e. The summed E-state index contributed by atoms with van der Waals surface area (Å²) < 4.78 is 1.14. The van der Waals surface area contributed by atoms with Crippen molar-refractivity contribution in [3.63, 3.8) is 0 Å². The van der Waals surface area contributed by atoms with Crippen molar-refractivity contribution in [2.24, 2.45) is 5.92 Å². The molecule has 0 unspecified atom stereocenters. The average Bonchev–Trinajstić information content (AvgIpc) is 2.71. The Morgan fingerprint density at radius 2 is 1.05 bits per heavy atom. The van der Waals surface area contributed by atoms with Gasteiger partial charge in [-0.15, -0.1) is 0 Å². The summed E-state index contributed by atoms with van der Waals surface area (Å²) in [5.41, 5.74) is 0. The van der Waals surface area contributed by atoms with Gasteiger partial charge in [0.05, 0.1) is 27.7 Å². The third-order valence-electron chi connectivity index (χ3n) is 3.53. The first-order valence-electron chi connectivity index (χ1n) is 6.88. The molecule has 0 saturated heterocycles. The van der Waals surface area contributed by atoms with Crippen LogP contribution in [0.5, 0.6) is 0 Å². The first-order chi connectivity index (χ1) is 7.08. The van der Waals surface area contributed by atoms with Gasteiger partial charge < -0.3 is 31.7 Å². The summed E-state index contributed by atoms with van der Waals surface area (Å²) in [7, 11) is 6.87. The van der Waals surface area contributed by atoms with Crippen molar-refractivity contribution in [1.29, 1.82) is 0 Å². The molecule has 0 aromatic heterocycles. The minimum atomic E-state index is 0. The van der Waals surface area contributed by atoms with E-state index in [2.05, 4.69) is 21.1 Å². The summed E-state index contributed by atoms with van der Waals surface area (Å²) in [6.07, 6.45) is 13.4. The van der Waals surface area contributed by atoms with Crippen LogP contribution in [0.4, 0.5) is 0 Å². The van der Waals surface area contributed by atoms with Crippen LogP contribution in [0, 0.1) is 20.8 Å². The quantitative estimate of drug-likeness (QED) is 0.410.